The van der Waals surface area contributed by atoms with Gasteiger partial charge in [0.05, 0.1) is 11.6 Å². The second-order valence-corrected chi connectivity index (χ2v) is 10.4. The van der Waals surface area contributed by atoms with Gasteiger partial charge in [-0.1, -0.05) is 83.3 Å². The molecule has 1 aliphatic rings. The maximum atomic E-state index is 13.4. The standard InChI is InChI=1S/C27H20FN3O3S2/c1-16-7-9-17(10-8-16)15-35-27-30-29-26(36-27)31-22(18-5-3-2-4-6-18)21(24(33)25(31)34)23(32)19-11-13-20(28)14-12-19/h2-14,22,32H,15H2,1H3/b23-21-. The molecule has 2 heterocycles. The molecule has 36 heavy (non-hydrogen) atoms. The summed E-state index contributed by atoms with van der Waals surface area (Å²) >= 11 is 2.70. The molecule has 0 saturated carbocycles. The molecule has 0 aliphatic carbocycles. The Kier molecular flexibility index (Phi) is 6.67. The SMILES string of the molecule is Cc1ccc(CSc2nnc(N3C(=O)C(=O)/C(=C(\O)c4ccc(F)cc4)C3c3ccccc3)s2)cc1. The fourth-order valence-corrected chi connectivity index (χ4v) is 5.75. The zero-order valence-electron chi connectivity index (χ0n) is 19.1. The Morgan fingerprint density at radius 2 is 1.69 bits per heavy atom. The number of nitrogens with zero attached hydrogens (tertiary/aromatic N) is 3. The minimum Gasteiger partial charge on any atom is -0.507 e. The van der Waals surface area contributed by atoms with E-state index in [1.165, 1.54) is 57.8 Å². The molecule has 1 amide bonds. The number of aromatic nitrogens is 2. The van der Waals surface area contributed by atoms with Gasteiger partial charge >= 0.3 is 5.91 Å². The number of carbonyl (C=O) groups is 2. The molecule has 1 aromatic heterocycles. The van der Waals surface area contributed by atoms with Crippen molar-refractivity contribution in [3.05, 3.63) is 113 Å². The average molecular weight is 518 g/mol. The third kappa shape index (κ3) is 4.67. The van der Waals surface area contributed by atoms with Crippen molar-refractivity contribution < 1.29 is 19.1 Å². The van der Waals surface area contributed by atoms with Crippen LogP contribution >= 0.6 is 23.1 Å². The number of halogens is 1. The fraction of sp³-hybridized carbons (Fsp3) is 0.111. The molecule has 1 N–H and O–H groups in total. The maximum Gasteiger partial charge on any atom is 0.301 e. The van der Waals surface area contributed by atoms with E-state index in [0.717, 1.165) is 5.56 Å². The number of benzene rings is 3. The molecule has 1 saturated heterocycles. The first-order chi connectivity index (χ1) is 17.4. The maximum absolute atomic E-state index is 13.4. The summed E-state index contributed by atoms with van der Waals surface area (Å²) in [5.41, 5.74) is 3.10. The van der Waals surface area contributed by atoms with Gasteiger partial charge in [-0.25, -0.2) is 4.39 Å². The number of ketones is 1. The normalized spacial score (nSPS) is 17.1. The first-order valence-corrected chi connectivity index (χ1v) is 12.9. The van der Waals surface area contributed by atoms with E-state index in [1.54, 1.807) is 24.3 Å². The van der Waals surface area contributed by atoms with Crippen molar-refractivity contribution in [3.8, 4) is 0 Å². The Morgan fingerprint density at radius 3 is 2.39 bits per heavy atom. The first-order valence-electron chi connectivity index (χ1n) is 11.1. The Bertz CT molecular complexity index is 1450. The molecule has 5 rings (SSSR count). The lowest BCUT2D eigenvalue weighted by Crippen LogP contribution is -2.29. The number of hydrogen-bond acceptors (Lipinski definition) is 7. The second-order valence-electron chi connectivity index (χ2n) is 8.21. The second kappa shape index (κ2) is 10.0. The highest BCUT2D eigenvalue weighted by atomic mass is 32.2. The number of Topliss-reactive ketones (excluding diaryl/α,β-unsaturated/α-hetero) is 1. The molecule has 3 aromatic carbocycles. The summed E-state index contributed by atoms with van der Waals surface area (Å²) in [5.74, 6) is -1.81. The summed E-state index contributed by atoms with van der Waals surface area (Å²) in [4.78, 5) is 27.7. The Morgan fingerprint density at radius 1 is 1.00 bits per heavy atom. The highest BCUT2D eigenvalue weighted by Gasteiger charge is 2.48. The van der Waals surface area contributed by atoms with Crippen molar-refractivity contribution in [2.75, 3.05) is 4.90 Å². The van der Waals surface area contributed by atoms with Gasteiger partial charge in [-0.15, -0.1) is 10.2 Å². The Hall–Kier alpha value is -3.82. The predicted octanol–water partition coefficient (Wildman–Crippen LogP) is 5.90. The fourth-order valence-electron chi connectivity index (χ4n) is 3.93. The van der Waals surface area contributed by atoms with Crippen molar-refractivity contribution in [3.63, 3.8) is 0 Å². The number of thioether (sulfide) groups is 1. The van der Waals surface area contributed by atoms with E-state index in [2.05, 4.69) is 10.2 Å². The molecule has 0 spiro atoms. The number of aliphatic hydroxyl groups excluding tert-OH is 1. The van der Waals surface area contributed by atoms with Gasteiger partial charge in [0.25, 0.3) is 5.78 Å². The molecule has 4 aromatic rings. The van der Waals surface area contributed by atoms with Gasteiger partial charge in [0, 0.05) is 11.3 Å². The van der Waals surface area contributed by atoms with Crippen LogP contribution in [0.5, 0.6) is 0 Å². The first kappa shape index (κ1) is 23.9. The van der Waals surface area contributed by atoms with E-state index in [0.29, 0.717) is 15.7 Å². The van der Waals surface area contributed by atoms with Crippen LogP contribution in [0.15, 0.2) is 88.8 Å². The van der Waals surface area contributed by atoms with Gasteiger partial charge in [-0.3, -0.25) is 14.5 Å². The van der Waals surface area contributed by atoms with Gasteiger partial charge in [0.15, 0.2) is 4.34 Å². The summed E-state index contributed by atoms with van der Waals surface area (Å²) in [6.07, 6.45) is 0. The number of aliphatic hydroxyl groups is 1. The molecule has 1 fully saturated rings. The third-order valence-corrected chi connectivity index (χ3v) is 7.89. The smallest absolute Gasteiger partial charge is 0.301 e. The molecule has 1 atom stereocenters. The number of aryl methyl sites for hydroxylation is 1. The molecule has 1 aliphatic heterocycles. The minimum absolute atomic E-state index is 0.0816. The van der Waals surface area contributed by atoms with Crippen LogP contribution in [0.3, 0.4) is 0 Å². The number of anilines is 1. The van der Waals surface area contributed by atoms with E-state index in [-0.39, 0.29) is 22.0 Å². The van der Waals surface area contributed by atoms with E-state index in [4.69, 9.17) is 0 Å². The zero-order chi connectivity index (χ0) is 25.2. The Balaban J connectivity index is 1.51. The number of hydrogen-bond donors (Lipinski definition) is 1. The van der Waals surface area contributed by atoms with Crippen molar-refractivity contribution in [1.82, 2.24) is 10.2 Å². The monoisotopic (exact) mass is 517 g/mol. The highest BCUT2D eigenvalue weighted by molar-refractivity contribution is 8.00. The molecular weight excluding hydrogens is 497 g/mol. The van der Waals surface area contributed by atoms with Crippen LogP contribution in [0.2, 0.25) is 0 Å². The lowest BCUT2D eigenvalue weighted by Gasteiger charge is -2.22. The predicted molar refractivity (Wildman–Crippen MR) is 138 cm³/mol. The largest absolute Gasteiger partial charge is 0.507 e. The van der Waals surface area contributed by atoms with Gasteiger partial charge in [0.1, 0.15) is 11.6 Å². The van der Waals surface area contributed by atoms with Crippen molar-refractivity contribution >= 4 is 45.7 Å². The van der Waals surface area contributed by atoms with E-state index >= 15 is 0 Å². The van der Waals surface area contributed by atoms with Gasteiger partial charge in [-0.2, -0.15) is 0 Å². The lowest BCUT2D eigenvalue weighted by molar-refractivity contribution is -0.132. The van der Waals surface area contributed by atoms with Crippen LogP contribution in [-0.2, 0) is 15.3 Å². The van der Waals surface area contributed by atoms with E-state index < -0.39 is 23.5 Å². The van der Waals surface area contributed by atoms with Crippen LogP contribution in [0.25, 0.3) is 5.76 Å². The molecule has 0 bridgehead atoms. The van der Waals surface area contributed by atoms with E-state index in [9.17, 15) is 19.1 Å². The quantitative estimate of drug-likeness (QED) is 0.113. The van der Waals surface area contributed by atoms with Crippen molar-refractivity contribution in [2.24, 2.45) is 0 Å². The molecule has 9 heteroatoms. The van der Waals surface area contributed by atoms with Crippen LogP contribution in [0, 0.1) is 12.7 Å². The van der Waals surface area contributed by atoms with Crippen LogP contribution in [0.4, 0.5) is 9.52 Å². The molecular formula is C27H20FN3O3S2. The number of amides is 1. The summed E-state index contributed by atoms with van der Waals surface area (Å²) in [6, 6.07) is 21.3. The summed E-state index contributed by atoms with van der Waals surface area (Å²) in [6.45, 7) is 2.03. The van der Waals surface area contributed by atoms with Gasteiger partial charge in [0.2, 0.25) is 5.13 Å². The topological polar surface area (TPSA) is 83.4 Å². The van der Waals surface area contributed by atoms with Gasteiger partial charge in [-0.05, 0) is 42.3 Å². The summed E-state index contributed by atoms with van der Waals surface area (Å²) < 4.78 is 14.1. The highest BCUT2D eigenvalue weighted by Crippen LogP contribution is 2.44. The van der Waals surface area contributed by atoms with Gasteiger partial charge < -0.3 is 5.11 Å². The van der Waals surface area contributed by atoms with Crippen LogP contribution < -0.4 is 4.90 Å². The minimum atomic E-state index is -0.904. The lowest BCUT2D eigenvalue weighted by atomic mass is 9.95. The number of carbonyl (C=O) groups excluding carboxylic acids is 2. The Labute approximate surface area is 215 Å². The number of rotatable bonds is 6. The van der Waals surface area contributed by atoms with Crippen molar-refractivity contribution in [2.45, 2.75) is 23.1 Å². The van der Waals surface area contributed by atoms with Crippen LogP contribution in [-0.4, -0.2) is 27.0 Å². The summed E-state index contributed by atoms with van der Waals surface area (Å²) in [5, 5.41) is 19.7. The zero-order valence-corrected chi connectivity index (χ0v) is 20.7. The molecule has 0 radical (unpaired) electrons. The van der Waals surface area contributed by atoms with Crippen molar-refractivity contribution in [1.29, 1.82) is 0 Å². The van der Waals surface area contributed by atoms with Crippen LogP contribution in [0.1, 0.15) is 28.3 Å². The molecule has 1 unspecified atom stereocenters. The third-order valence-electron chi connectivity index (χ3n) is 5.76. The molecule has 6 nitrogen and oxygen atoms in total. The summed E-state index contributed by atoms with van der Waals surface area (Å²) in [7, 11) is 0. The average Bonchev–Trinajstić information content (AvgIpc) is 3.46. The molecule has 180 valence electrons. The van der Waals surface area contributed by atoms with E-state index in [1.807, 2.05) is 37.3 Å².